The molecular formula is C13H23NO2. The van der Waals surface area contributed by atoms with Crippen molar-refractivity contribution >= 4 is 5.78 Å². The van der Waals surface area contributed by atoms with E-state index in [1.165, 1.54) is 32.1 Å². The molecule has 0 N–H and O–H groups in total. The second kappa shape index (κ2) is 6.36. The summed E-state index contributed by atoms with van der Waals surface area (Å²) in [5.41, 5.74) is 0. The first kappa shape index (κ1) is 12.1. The van der Waals surface area contributed by atoms with E-state index in [2.05, 4.69) is 4.90 Å². The fourth-order valence-corrected chi connectivity index (χ4v) is 2.61. The third-order valence-corrected chi connectivity index (χ3v) is 3.71. The predicted molar refractivity (Wildman–Crippen MR) is 63.5 cm³/mol. The Labute approximate surface area is 98.1 Å². The third-order valence-electron chi connectivity index (χ3n) is 3.71. The van der Waals surface area contributed by atoms with E-state index in [0.717, 1.165) is 26.1 Å². The lowest BCUT2D eigenvalue weighted by molar-refractivity contribution is -0.124. The van der Waals surface area contributed by atoms with Crippen molar-refractivity contribution in [3.63, 3.8) is 0 Å². The van der Waals surface area contributed by atoms with E-state index in [-0.39, 0.29) is 5.92 Å². The zero-order valence-electron chi connectivity index (χ0n) is 10.1. The van der Waals surface area contributed by atoms with Crippen LogP contribution in [0.25, 0.3) is 0 Å². The Morgan fingerprint density at radius 1 is 1.12 bits per heavy atom. The molecule has 3 nitrogen and oxygen atoms in total. The Balaban J connectivity index is 1.75. The quantitative estimate of drug-likeness (QED) is 0.734. The van der Waals surface area contributed by atoms with Gasteiger partial charge >= 0.3 is 0 Å². The van der Waals surface area contributed by atoms with Crippen molar-refractivity contribution in [3.8, 4) is 0 Å². The van der Waals surface area contributed by atoms with Crippen LogP contribution in [0, 0.1) is 5.92 Å². The lowest BCUT2D eigenvalue weighted by Gasteiger charge is -2.24. The molecule has 0 spiro atoms. The standard InChI is InChI=1S/C13H23NO2/c15-13(12-6-9-16-11-12)10-14-7-4-2-1-3-5-8-14/h12H,1-11H2. The van der Waals surface area contributed by atoms with Gasteiger partial charge in [0.15, 0.2) is 5.78 Å². The van der Waals surface area contributed by atoms with E-state index in [0.29, 0.717) is 18.9 Å². The number of carbonyl (C=O) groups excluding carboxylic acids is 1. The van der Waals surface area contributed by atoms with Crippen LogP contribution in [0.15, 0.2) is 0 Å². The van der Waals surface area contributed by atoms with Gasteiger partial charge in [-0.05, 0) is 32.4 Å². The smallest absolute Gasteiger partial charge is 0.152 e. The summed E-state index contributed by atoms with van der Waals surface area (Å²) in [5, 5.41) is 0. The first-order valence-electron chi connectivity index (χ1n) is 6.69. The number of ketones is 1. The molecule has 0 aliphatic carbocycles. The van der Waals surface area contributed by atoms with E-state index in [1.54, 1.807) is 0 Å². The SMILES string of the molecule is O=C(CN1CCCCCCC1)C1CCOC1. The summed E-state index contributed by atoms with van der Waals surface area (Å²) in [6.45, 7) is 4.32. The summed E-state index contributed by atoms with van der Waals surface area (Å²) in [5.74, 6) is 0.587. The topological polar surface area (TPSA) is 29.5 Å². The first-order chi connectivity index (χ1) is 7.86. The summed E-state index contributed by atoms with van der Waals surface area (Å²) in [7, 11) is 0. The molecule has 2 heterocycles. The highest BCUT2D eigenvalue weighted by atomic mass is 16.5. The molecule has 1 atom stereocenters. The molecule has 1 unspecified atom stereocenters. The molecule has 3 heteroatoms. The molecule has 0 radical (unpaired) electrons. The fraction of sp³-hybridized carbons (Fsp3) is 0.923. The predicted octanol–water partition coefficient (Wildman–Crippen LogP) is 1.86. The van der Waals surface area contributed by atoms with Crippen molar-refractivity contribution < 1.29 is 9.53 Å². The van der Waals surface area contributed by atoms with Crippen molar-refractivity contribution in [2.24, 2.45) is 5.92 Å². The molecule has 92 valence electrons. The van der Waals surface area contributed by atoms with Crippen LogP contribution in [0.3, 0.4) is 0 Å². The molecule has 2 rings (SSSR count). The molecule has 0 aromatic rings. The summed E-state index contributed by atoms with van der Waals surface area (Å²) in [6.07, 6.45) is 7.49. The van der Waals surface area contributed by atoms with Crippen LogP contribution in [0.5, 0.6) is 0 Å². The van der Waals surface area contributed by atoms with Crippen molar-refractivity contribution in [2.75, 3.05) is 32.8 Å². The molecule has 16 heavy (non-hydrogen) atoms. The minimum Gasteiger partial charge on any atom is -0.381 e. The highest BCUT2D eigenvalue weighted by molar-refractivity contribution is 5.83. The van der Waals surface area contributed by atoms with E-state index >= 15 is 0 Å². The van der Waals surface area contributed by atoms with Crippen molar-refractivity contribution in [1.29, 1.82) is 0 Å². The van der Waals surface area contributed by atoms with Gasteiger partial charge in [0.25, 0.3) is 0 Å². The van der Waals surface area contributed by atoms with E-state index in [9.17, 15) is 4.79 Å². The van der Waals surface area contributed by atoms with Gasteiger partial charge in [-0.3, -0.25) is 9.69 Å². The average Bonchev–Trinajstić information content (AvgIpc) is 2.74. The van der Waals surface area contributed by atoms with Gasteiger partial charge in [0.2, 0.25) is 0 Å². The monoisotopic (exact) mass is 225 g/mol. The lowest BCUT2D eigenvalue weighted by Crippen LogP contribution is -2.35. The van der Waals surface area contributed by atoms with Gasteiger partial charge in [0.05, 0.1) is 13.2 Å². The van der Waals surface area contributed by atoms with Crippen LogP contribution in [-0.2, 0) is 9.53 Å². The number of hydrogen-bond acceptors (Lipinski definition) is 3. The number of hydrogen-bond donors (Lipinski definition) is 0. The summed E-state index contributed by atoms with van der Waals surface area (Å²) < 4.78 is 5.27. The maximum atomic E-state index is 12.0. The Morgan fingerprint density at radius 2 is 1.81 bits per heavy atom. The molecule has 2 fully saturated rings. The van der Waals surface area contributed by atoms with Gasteiger partial charge in [0.1, 0.15) is 0 Å². The minimum atomic E-state index is 0.186. The number of Topliss-reactive ketones (excluding diaryl/α,β-unsaturated/α-hetero) is 1. The Kier molecular flexibility index (Phi) is 4.79. The van der Waals surface area contributed by atoms with Gasteiger partial charge < -0.3 is 4.74 Å². The van der Waals surface area contributed by atoms with Crippen LogP contribution in [-0.4, -0.2) is 43.5 Å². The first-order valence-corrected chi connectivity index (χ1v) is 6.69. The normalized spacial score (nSPS) is 28.6. The molecule has 0 aromatic heterocycles. The summed E-state index contributed by atoms with van der Waals surface area (Å²) >= 11 is 0. The fourth-order valence-electron chi connectivity index (χ4n) is 2.61. The molecule has 0 amide bonds. The van der Waals surface area contributed by atoms with Crippen LogP contribution in [0.2, 0.25) is 0 Å². The van der Waals surface area contributed by atoms with Crippen molar-refractivity contribution in [1.82, 2.24) is 4.90 Å². The number of nitrogens with zero attached hydrogens (tertiary/aromatic N) is 1. The Hall–Kier alpha value is -0.410. The highest BCUT2D eigenvalue weighted by Gasteiger charge is 2.24. The molecule has 0 aromatic carbocycles. The largest absolute Gasteiger partial charge is 0.381 e. The van der Waals surface area contributed by atoms with Gasteiger partial charge in [0, 0.05) is 12.5 Å². The highest BCUT2D eigenvalue weighted by Crippen LogP contribution is 2.15. The number of carbonyl (C=O) groups is 1. The number of rotatable bonds is 3. The second-order valence-corrected chi connectivity index (χ2v) is 5.07. The summed E-state index contributed by atoms with van der Waals surface area (Å²) in [4.78, 5) is 14.3. The molecular weight excluding hydrogens is 202 g/mol. The van der Waals surface area contributed by atoms with Gasteiger partial charge in [-0.25, -0.2) is 0 Å². The maximum Gasteiger partial charge on any atom is 0.152 e. The second-order valence-electron chi connectivity index (χ2n) is 5.07. The van der Waals surface area contributed by atoms with Gasteiger partial charge in [-0.15, -0.1) is 0 Å². The Morgan fingerprint density at radius 3 is 2.44 bits per heavy atom. The van der Waals surface area contributed by atoms with Crippen LogP contribution in [0.1, 0.15) is 38.5 Å². The molecule has 2 aliphatic heterocycles. The number of likely N-dealkylation sites (tertiary alicyclic amines) is 1. The third kappa shape index (κ3) is 3.56. The van der Waals surface area contributed by atoms with Gasteiger partial charge in [-0.1, -0.05) is 19.3 Å². The lowest BCUT2D eigenvalue weighted by atomic mass is 10.0. The molecule has 0 saturated carbocycles. The number of ether oxygens (including phenoxy) is 1. The van der Waals surface area contributed by atoms with E-state index in [1.807, 2.05) is 0 Å². The average molecular weight is 225 g/mol. The maximum absolute atomic E-state index is 12.0. The molecule has 0 bridgehead atoms. The molecule has 2 saturated heterocycles. The van der Waals surface area contributed by atoms with E-state index < -0.39 is 0 Å². The molecule has 2 aliphatic rings. The van der Waals surface area contributed by atoms with Crippen molar-refractivity contribution in [2.45, 2.75) is 38.5 Å². The minimum absolute atomic E-state index is 0.186. The van der Waals surface area contributed by atoms with E-state index in [4.69, 9.17) is 4.74 Å². The zero-order chi connectivity index (χ0) is 11.2. The Bertz CT molecular complexity index is 216. The van der Waals surface area contributed by atoms with Gasteiger partial charge in [-0.2, -0.15) is 0 Å². The van der Waals surface area contributed by atoms with Crippen LogP contribution in [0.4, 0.5) is 0 Å². The van der Waals surface area contributed by atoms with Crippen molar-refractivity contribution in [3.05, 3.63) is 0 Å². The summed E-state index contributed by atoms with van der Waals surface area (Å²) in [6, 6.07) is 0. The van der Waals surface area contributed by atoms with Crippen LogP contribution >= 0.6 is 0 Å². The van der Waals surface area contributed by atoms with Crippen LogP contribution < -0.4 is 0 Å². The zero-order valence-corrected chi connectivity index (χ0v) is 10.1.